The fourth-order valence-electron chi connectivity index (χ4n) is 5.27. The SMILES string of the molecule is C[C@]1(c2nc(C(=O)O)cs2)CC[C@H]2[C@@H](CO1)C[C@@H](O)[C@@H]2COc1ccc(Cl)c(C2CC2)c1. The topological polar surface area (TPSA) is 88.9 Å². The summed E-state index contributed by atoms with van der Waals surface area (Å²) in [5.41, 5.74) is 0.625. The van der Waals surface area contributed by atoms with Crippen molar-refractivity contribution in [3.63, 3.8) is 0 Å². The van der Waals surface area contributed by atoms with E-state index in [0.29, 0.717) is 36.5 Å². The van der Waals surface area contributed by atoms with E-state index in [9.17, 15) is 15.0 Å². The molecule has 2 N–H and O–H groups in total. The highest BCUT2D eigenvalue weighted by Crippen LogP contribution is 2.48. The molecule has 3 fully saturated rings. The Morgan fingerprint density at radius 1 is 1.38 bits per heavy atom. The first-order chi connectivity index (χ1) is 15.3. The van der Waals surface area contributed by atoms with E-state index in [4.69, 9.17) is 21.1 Å². The smallest absolute Gasteiger partial charge is 0.355 e. The molecule has 2 aromatic rings. The van der Waals surface area contributed by atoms with E-state index in [-0.39, 0.29) is 17.5 Å². The number of carboxylic acids is 1. The quantitative estimate of drug-likeness (QED) is 0.602. The van der Waals surface area contributed by atoms with E-state index >= 15 is 0 Å². The number of carbonyl (C=O) groups is 1. The van der Waals surface area contributed by atoms with Crippen molar-refractivity contribution in [1.82, 2.24) is 4.98 Å². The van der Waals surface area contributed by atoms with Gasteiger partial charge in [0, 0.05) is 16.3 Å². The summed E-state index contributed by atoms with van der Waals surface area (Å²) in [5.74, 6) is 0.931. The first-order valence-corrected chi connectivity index (χ1v) is 12.5. The fourth-order valence-corrected chi connectivity index (χ4v) is 6.48. The summed E-state index contributed by atoms with van der Waals surface area (Å²) in [7, 11) is 0. The van der Waals surface area contributed by atoms with Crippen LogP contribution in [0.2, 0.25) is 5.02 Å². The molecule has 1 saturated heterocycles. The molecule has 0 amide bonds. The number of aromatic carboxylic acids is 1. The number of aliphatic hydroxyl groups is 1. The van der Waals surface area contributed by atoms with Gasteiger partial charge in [0.05, 0.1) is 19.3 Å². The zero-order valence-corrected chi connectivity index (χ0v) is 19.6. The van der Waals surface area contributed by atoms with Gasteiger partial charge in [-0.15, -0.1) is 11.3 Å². The lowest BCUT2D eigenvalue weighted by molar-refractivity contribution is -0.0472. The zero-order chi connectivity index (χ0) is 22.5. The summed E-state index contributed by atoms with van der Waals surface area (Å²) < 4.78 is 12.4. The standard InChI is InChI=1S/C24H28ClNO5S/c1-24(23-26-20(12-32-23)22(28)29)7-6-16-14(10-31-24)8-21(27)18(16)11-30-15-4-5-19(25)17(9-15)13-2-3-13/h4-5,9,12-14,16,18,21,27H,2-3,6-8,10-11H2,1H3,(H,28,29)/t14-,16+,18-,21-,24-/m1/s1. The molecule has 8 heteroatoms. The molecule has 5 rings (SSSR count). The Morgan fingerprint density at radius 3 is 2.91 bits per heavy atom. The van der Waals surface area contributed by atoms with Crippen molar-refractivity contribution in [1.29, 1.82) is 0 Å². The molecule has 1 aromatic carbocycles. The summed E-state index contributed by atoms with van der Waals surface area (Å²) in [6.07, 6.45) is 4.26. The molecule has 0 spiro atoms. The van der Waals surface area contributed by atoms with Gasteiger partial charge in [-0.25, -0.2) is 9.78 Å². The van der Waals surface area contributed by atoms with E-state index in [2.05, 4.69) is 11.1 Å². The highest BCUT2D eigenvalue weighted by Gasteiger charge is 2.47. The average Bonchev–Trinajstić information content (AvgIpc) is 3.43. The largest absolute Gasteiger partial charge is 0.493 e. The summed E-state index contributed by atoms with van der Waals surface area (Å²) >= 11 is 7.68. The molecule has 2 saturated carbocycles. The second-order valence-corrected chi connectivity index (χ2v) is 10.8. The Balaban J connectivity index is 1.26. The Bertz CT molecular complexity index is 1010. The maximum Gasteiger partial charge on any atom is 0.355 e. The van der Waals surface area contributed by atoms with E-state index < -0.39 is 17.7 Å². The first kappa shape index (κ1) is 22.1. The third kappa shape index (κ3) is 4.28. The van der Waals surface area contributed by atoms with Gasteiger partial charge in [-0.3, -0.25) is 0 Å². The van der Waals surface area contributed by atoms with Crippen LogP contribution in [0.1, 0.15) is 66.0 Å². The van der Waals surface area contributed by atoms with Crippen LogP contribution in [-0.2, 0) is 10.3 Å². The van der Waals surface area contributed by atoms with Gasteiger partial charge < -0.3 is 19.7 Å². The maximum absolute atomic E-state index is 11.2. The second-order valence-electron chi connectivity index (χ2n) is 9.58. The number of hydrogen-bond donors (Lipinski definition) is 2. The molecule has 1 aromatic heterocycles. The highest BCUT2D eigenvalue weighted by molar-refractivity contribution is 7.10. The highest BCUT2D eigenvalue weighted by atomic mass is 35.5. The fraction of sp³-hybridized carbons (Fsp3) is 0.583. The number of hydrogen-bond acceptors (Lipinski definition) is 6. The number of carboxylic acid groups (broad SMARTS) is 1. The average molecular weight is 478 g/mol. The molecule has 2 aliphatic carbocycles. The van der Waals surface area contributed by atoms with Crippen LogP contribution >= 0.6 is 22.9 Å². The third-order valence-corrected chi connectivity index (χ3v) is 8.80. The van der Waals surface area contributed by atoms with Crippen molar-refractivity contribution in [3.05, 3.63) is 44.9 Å². The van der Waals surface area contributed by atoms with Crippen molar-refractivity contribution >= 4 is 28.9 Å². The summed E-state index contributed by atoms with van der Waals surface area (Å²) in [5, 5.41) is 23.0. The van der Waals surface area contributed by atoms with Gasteiger partial charge in [0.15, 0.2) is 5.69 Å². The minimum Gasteiger partial charge on any atom is -0.493 e. The normalized spacial score (nSPS) is 32.3. The predicted octanol–water partition coefficient (Wildman–Crippen LogP) is 5.09. The number of thiazole rings is 1. The number of rotatable bonds is 6. The van der Waals surface area contributed by atoms with Crippen LogP contribution < -0.4 is 4.74 Å². The lowest BCUT2D eigenvalue weighted by atomic mass is 9.84. The van der Waals surface area contributed by atoms with Crippen molar-refractivity contribution in [2.24, 2.45) is 17.8 Å². The molecule has 5 atom stereocenters. The molecule has 6 nitrogen and oxygen atoms in total. The molecule has 2 heterocycles. The van der Waals surface area contributed by atoms with Crippen LogP contribution in [0.5, 0.6) is 5.75 Å². The number of ether oxygens (including phenoxy) is 2. The number of benzene rings is 1. The van der Waals surface area contributed by atoms with Crippen LogP contribution in [0.25, 0.3) is 0 Å². The van der Waals surface area contributed by atoms with E-state index in [1.807, 2.05) is 19.1 Å². The van der Waals surface area contributed by atoms with Crippen LogP contribution in [0, 0.1) is 17.8 Å². The molecule has 1 aliphatic heterocycles. The number of fused-ring (bicyclic) bond motifs is 1. The van der Waals surface area contributed by atoms with Crippen molar-refractivity contribution in [3.8, 4) is 5.75 Å². The van der Waals surface area contributed by atoms with E-state index in [0.717, 1.165) is 29.2 Å². The Morgan fingerprint density at radius 2 is 2.19 bits per heavy atom. The maximum atomic E-state index is 11.2. The number of halogens is 1. The Kier molecular flexibility index (Phi) is 5.95. The first-order valence-electron chi connectivity index (χ1n) is 11.3. The van der Waals surface area contributed by atoms with Gasteiger partial charge in [0.1, 0.15) is 16.4 Å². The van der Waals surface area contributed by atoms with Gasteiger partial charge in [-0.1, -0.05) is 11.6 Å². The van der Waals surface area contributed by atoms with Gasteiger partial charge in [-0.2, -0.15) is 0 Å². The lowest BCUT2D eigenvalue weighted by Gasteiger charge is -2.27. The molecule has 3 aliphatic rings. The molecular weight excluding hydrogens is 450 g/mol. The molecular formula is C24H28ClNO5S. The van der Waals surface area contributed by atoms with Crippen LogP contribution in [0.4, 0.5) is 0 Å². The monoisotopic (exact) mass is 477 g/mol. The second kappa shape index (κ2) is 8.60. The van der Waals surface area contributed by atoms with Gasteiger partial charge >= 0.3 is 5.97 Å². The van der Waals surface area contributed by atoms with Gasteiger partial charge in [0.25, 0.3) is 0 Å². The number of aromatic nitrogens is 1. The summed E-state index contributed by atoms with van der Waals surface area (Å²) in [6, 6.07) is 5.86. The van der Waals surface area contributed by atoms with Crippen molar-refractivity contribution in [2.45, 2.75) is 56.7 Å². The number of aliphatic hydroxyl groups excluding tert-OH is 1. The molecule has 172 valence electrons. The third-order valence-electron chi connectivity index (χ3n) is 7.37. The number of nitrogens with zero attached hydrogens (tertiary/aromatic N) is 1. The molecule has 0 bridgehead atoms. The summed E-state index contributed by atoms with van der Waals surface area (Å²) in [6.45, 7) is 2.99. The van der Waals surface area contributed by atoms with Gasteiger partial charge in [-0.05, 0) is 80.5 Å². The minimum atomic E-state index is -1.02. The Hall–Kier alpha value is -1.67. The molecule has 32 heavy (non-hydrogen) atoms. The summed E-state index contributed by atoms with van der Waals surface area (Å²) in [4.78, 5) is 15.5. The van der Waals surface area contributed by atoms with E-state index in [1.165, 1.54) is 24.2 Å². The van der Waals surface area contributed by atoms with Crippen LogP contribution in [0.3, 0.4) is 0 Å². The predicted molar refractivity (Wildman–Crippen MR) is 122 cm³/mol. The van der Waals surface area contributed by atoms with Crippen LogP contribution in [0.15, 0.2) is 23.6 Å². The van der Waals surface area contributed by atoms with Crippen molar-refractivity contribution < 1.29 is 24.5 Å². The minimum absolute atomic E-state index is 0.0388. The van der Waals surface area contributed by atoms with Crippen molar-refractivity contribution in [2.75, 3.05) is 13.2 Å². The lowest BCUT2D eigenvalue weighted by Crippen LogP contribution is -2.28. The molecule has 0 radical (unpaired) electrons. The zero-order valence-electron chi connectivity index (χ0n) is 18.0. The van der Waals surface area contributed by atoms with Gasteiger partial charge in [0.2, 0.25) is 0 Å². The van der Waals surface area contributed by atoms with Crippen LogP contribution in [-0.4, -0.2) is 40.5 Å². The van der Waals surface area contributed by atoms with E-state index in [1.54, 1.807) is 5.38 Å². The molecule has 0 unspecified atom stereocenters. The Labute approximate surface area is 196 Å².